The van der Waals surface area contributed by atoms with Crippen molar-refractivity contribution in [3.8, 4) is 33.4 Å². The van der Waals surface area contributed by atoms with Gasteiger partial charge in [0.25, 0.3) is 0 Å². The van der Waals surface area contributed by atoms with E-state index >= 15 is 0 Å². The van der Waals surface area contributed by atoms with Gasteiger partial charge in [-0.1, -0.05) is 308 Å². The molecule has 0 saturated carbocycles. The van der Waals surface area contributed by atoms with Gasteiger partial charge >= 0.3 is 0 Å². The largest absolute Gasteiger partial charge is 0.311 e. The van der Waals surface area contributed by atoms with Crippen LogP contribution in [-0.2, 0) is 5.41 Å². The molecule has 0 N–H and O–H groups in total. The fourth-order valence-corrected chi connectivity index (χ4v) is 15.5. The van der Waals surface area contributed by atoms with E-state index in [1.54, 1.807) is 0 Å². The SMILES string of the molecule is c1ccc(N(c2ccccc2)c2ccc(B3c4ccccc4B4c5cccc6c5B(c5ccccc5B6c5ccc(-c6ccc7c(c6)C6(c8ccccc8-c8ccccc86)c6ccccc6-7)cc5)c5cccc3c54)cc2)cc1. The first-order valence-corrected chi connectivity index (χ1v) is 27.7. The maximum Gasteiger partial charge on any atom is 0.240 e. The van der Waals surface area contributed by atoms with Gasteiger partial charge in [0, 0.05) is 17.1 Å². The summed E-state index contributed by atoms with van der Waals surface area (Å²) in [6, 6.07) is 108. The van der Waals surface area contributed by atoms with Gasteiger partial charge in [0.1, 0.15) is 0 Å². The number of rotatable bonds is 6. The molecule has 0 fully saturated rings. The molecule has 5 aliphatic rings. The van der Waals surface area contributed by atoms with Crippen molar-refractivity contribution in [1.82, 2.24) is 0 Å². The van der Waals surface area contributed by atoms with Crippen LogP contribution in [0.15, 0.2) is 285 Å². The Morgan fingerprint density at radius 1 is 0.231 bits per heavy atom. The summed E-state index contributed by atoms with van der Waals surface area (Å²) < 4.78 is 0. The average molecular weight is 981 g/mol. The number of nitrogens with zero attached hydrogens (tertiary/aromatic N) is 1. The Morgan fingerprint density at radius 3 is 1.03 bits per heavy atom. The van der Waals surface area contributed by atoms with E-state index in [4.69, 9.17) is 0 Å². The average Bonchev–Trinajstić information content (AvgIpc) is 4.16. The second-order valence-electron chi connectivity index (χ2n) is 22.1. The van der Waals surface area contributed by atoms with Gasteiger partial charge in [0.2, 0.25) is 26.9 Å². The Kier molecular flexibility index (Phi) is 9.48. The van der Waals surface area contributed by atoms with E-state index in [0.29, 0.717) is 0 Å². The number of hydrogen-bond acceptors (Lipinski definition) is 1. The number of benzene rings is 12. The predicted molar refractivity (Wildman–Crippen MR) is 334 cm³/mol. The second-order valence-corrected chi connectivity index (χ2v) is 22.1. The van der Waals surface area contributed by atoms with Crippen LogP contribution < -0.4 is 70.5 Å². The number of anilines is 3. The van der Waals surface area contributed by atoms with E-state index in [9.17, 15) is 0 Å². The van der Waals surface area contributed by atoms with Crippen molar-refractivity contribution < 1.29 is 0 Å². The summed E-state index contributed by atoms with van der Waals surface area (Å²) in [7, 11) is 0. The second kappa shape index (κ2) is 16.8. The molecule has 78 heavy (non-hydrogen) atoms. The predicted octanol–water partition coefficient (Wildman–Crippen LogP) is 8.17. The zero-order valence-corrected chi connectivity index (χ0v) is 42.9. The molecular weight excluding hydrogens is 934 g/mol. The van der Waals surface area contributed by atoms with Gasteiger partial charge in [-0.3, -0.25) is 0 Å². The summed E-state index contributed by atoms with van der Waals surface area (Å²) in [5.41, 5.74) is 33.3. The van der Waals surface area contributed by atoms with Gasteiger partial charge in [0.15, 0.2) is 0 Å². The summed E-state index contributed by atoms with van der Waals surface area (Å²) in [5, 5.41) is 0. The smallest absolute Gasteiger partial charge is 0.240 e. The summed E-state index contributed by atoms with van der Waals surface area (Å²) in [6.07, 6.45) is 0. The lowest BCUT2D eigenvalue weighted by Crippen LogP contribution is -2.89. The van der Waals surface area contributed by atoms with Gasteiger partial charge in [0.05, 0.1) is 5.41 Å². The first kappa shape index (κ1) is 43.9. The highest BCUT2D eigenvalue weighted by Gasteiger charge is 2.52. The molecule has 0 bridgehead atoms. The summed E-state index contributed by atoms with van der Waals surface area (Å²) >= 11 is 0. The van der Waals surface area contributed by atoms with Crippen LogP contribution in [0.25, 0.3) is 33.4 Å². The minimum Gasteiger partial charge on any atom is -0.311 e. The molecule has 3 aliphatic heterocycles. The Morgan fingerprint density at radius 2 is 0.564 bits per heavy atom. The lowest BCUT2D eigenvalue weighted by atomic mass is 9.11. The standard InChI is InChI=1S/C73H47B4N/c1-3-19-52(20-4-1)78(53-21-5-2-6-22-53)54-44-42-51(43-45-54)75-64-30-14-16-32-66(64)77-69-35-17-33-67-71(69)76(70-36-18-34-68(75)72(70)77)65-31-15-13-29-63(65)74(67)50-40-37-48(38-41-50)49-39-46-58-57-25-9-12-28-61(57)73(62(58)47-49)59-26-10-7-23-55(59)56-24-8-11-27-60(56)73/h1-47H. The maximum atomic E-state index is 2.51. The van der Waals surface area contributed by atoms with Crippen LogP contribution in [0.2, 0.25) is 0 Å². The first-order chi connectivity index (χ1) is 38.7. The minimum atomic E-state index is -0.373. The molecule has 0 atom stereocenters. The molecule has 2 aliphatic carbocycles. The molecular formula is C73H47B4N. The van der Waals surface area contributed by atoms with Crippen LogP contribution >= 0.6 is 0 Å². The molecule has 0 radical (unpaired) electrons. The van der Waals surface area contributed by atoms with Gasteiger partial charge in [-0.25, -0.2) is 0 Å². The van der Waals surface area contributed by atoms with Crippen molar-refractivity contribution in [3.63, 3.8) is 0 Å². The number of hydrogen-bond donors (Lipinski definition) is 0. The summed E-state index contributed by atoms with van der Waals surface area (Å²) in [4.78, 5) is 2.35. The first-order valence-electron chi connectivity index (χ1n) is 27.7. The van der Waals surface area contributed by atoms with Gasteiger partial charge in [-0.05, 0) is 98.1 Å². The van der Waals surface area contributed by atoms with E-state index < -0.39 is 0 Å². The third-order valence-corrected chi connectivity index (χ3v) is 18.5. The van der Waals surface area contributed by atoms with Crippen LogP contribution in [0.4, 0.5) is 17.1 Å². The molecule has 5 heteroatoms. The van der Waals surface area contributed by atoms with Crippen molar-refractivity contribution in [1.29, 1.82) is 0 Å². The molecule has 1 nitrogen and oxygen atoms in total. The van der Waals surface area contributed by atoms with Crippen molar-refractivity contribution in [2.75, 3.05) is 4.90 Å². The van der Waals surface area contributed by atoms with Gasteiger partial charge < -0.3 is 4.90 Å². The topological polar surface area (TPSA) is 3.24 Å². The molecule has 1 spiro atoms. The third-order valence-electron chi connectivity index (χ3n) is 18.5. The lowest BCUT2D eigenvalue weighted by Gasteiger charge is -2.43. The van der Waals surface area contributed by atoms with Crippen molar-refractivity contribution in [2.45, 2.75) is 5.41 Å². The third kappa shape index (κ3) is 6.02. The zero-order chi connectivity index (χ0) is 51.1. The fraction of sp³-hybridized carbons (Fsp3) is 0.0137. The van der Waals surface area contributed by atoms with Crippen LogP contribution in [0.5, 0.6) is 0 Å². The van der Waals surface area contributed by atoms with E-state index in [1.165, 1.54) is 121 Å². The fourth-order valence-electron chi connectivity index (χ4n) is 15.5. The quantitative estimate of drug-likeness (QED) is 0.152. The molecule has 0 saturated heterocycles. The zero-order valence-electron chi connectivity index (χ0n) is 42.9. The summed E-state index contributed by atoms with van der Waals surface area (Å²) in [6.45, 7) is 0.435. The van der Waals surface area contributed by atoms with E-state index in [-0.39, 0.29) is 32.3 Å². The van der Waals surface area contributed by atoms with Gasteiger partial charge in [-0.2, -0.15) is 0 Å². The van der Waals surface area contributed by atoms with Crippen LogP contribution in [0, 0.1) is 0 Å². The molecule has 0 aromatic heterocycles. The van der Waals surface area contributed by atoms with E-state index in [2.05, 4.69) is 290 Å². The Hall–Kier alpha value is -9.30. The maximum absolute atomic E-state index is 2.51. The van der Waals surface area contributed by atoms with E-state index in [0.717, 1.165) is 17.1 Å². The molecule has 0 unspecified atom stereocenters. The highest BCUT2D eigenvalue weighted by Crippen LogP contribution is 2.63. The van der Waals surface area contributed by atoms with Crippen LogP contribution in [0.3, 0.4) is 0 Å². The molecule has 356 valence electrons. The number of fused-ring (bicyclic) bond motifs is 16. The van der Waals surface area contributed by atoms with Crippen LogP contribution in [-0.4, -0.2) is 26.9 Å². The Bertz CT molecular complexity index is 4320. The van der Waals surface area contributed by atoms with E-state index in [1.807, 2.05) is 0 Å². The molecule has 12 aromatic carbocycles. The van der Waals surface area contributed by atoms with Crippen LogP contribution in [0.1, 0.15) is 22.3 Å². The lowest BCUT2D eigenvalue weighted by molar-refractivity contribution is 0.794. The number of para-hydroxylation sites is 2. The van der Waals surface area contributed by atoms with Crippen molar-refractivity contribution >= 4 is 109 Å². The highest BCUT2D eigenvalue weighted by atomic mass is 15.1. The molecule has 0 amide bonds. The Balaban J connectivity index is 0.770. The normalized spacial score (nSPS) is 13.9. The molecule has 3 heterocycles. The summed E-state index contributed by atoms with van der Waals surface area (Å²) in [5.74, 6) is 0. The molecule has 17 rings (SSSR count). The monoisotopic (exact) mass is 981 g/mol. The van der Waals surface area contributed by atoms with Crippen molar-refractivity contribution in [3.05, 3.63) is 307 Å². The molecule has 12 aromatic rings. The minimum absolute atomic E-state index is 0.0897. The van der Waals surface area contributed by atoms with Gasteiger partial charge in [-0.15, -0.1) is 0 Å². The Labute approximate surface area is 457 Å². The highest BCUT2D eigenvalue weighted by molar-refractivity contribution is 7.21. The van der Waals surface area contributed by atoms with Crippen molar-refractivity contribution in [2.24, 2.45) is 0 Å².